The number of carbonyl (C=O) groups excluding carboxylic acids is 2. The Morgan fingerprint density at radius 3 is 2.49 bits per heavy atom. The standard InChI is InChI=1S/C34H34N2O7/c1-40-27-19-34-14-8-15-36(34)16-13-23-17-25-26(42-20-41-25)18-24(23)28(34)31(27)43-33(39)30(37)29(21-9-4-2-5-10-21)35-32(38)22-11-6-3-7-12-22/h2-7,9-12,17-19,28-31,37H,8,13-16,20H2,1H3,(H,35,38)/t28-,29?,30?,31?,34+/m1/s1. The Hall–Kier alpha value is -4.34. The van der Waals surface area contributed by atoms with Crippen molar-refractivity contribution >= 4 is 11.9 Å². The van der Waals surface area contributed by atoms with E-state index in [1.807, 2.05) is 24.3 Å². The van der Waals surface area contributed by atoms with E-state index in [2.05, 4.69) is 16.3 Å². The molecule has 0 radical (unpaired) electrons. The summed E-state index contributed by atoms with van der Waals surface area (Å²) in [5.41, 5.74) is 2.74. The number of benzene rings is 3. The molecule has 5 atom stereocenters. The van der Waals surface area contributed by atoms with E-state index in [1.165, 1.54) is 0 Å². The van der Waals surface area contributed by atoms with Crippen LogP contribution in [0.3, 0.4) is 0 Å². The lowest BCUT2D eigenvalue weighted by molar-refractivity contribution is -0.162. The number of hydrogen-bond acceptors (Lipinski definition) is 8. The fraction of sp³-hybridized carbons (Fsp3) is 0.353. The van der Waals surface area contributed by atoms with Crippen molar-refractivity contribution in [2.75, 3.05) is 27.0 Å². The minimum Gasteiger partial charge on any atom is -0.497 e. The van der Waals surface area contributed by atoms with Crippen LogP contribution in [-0.4, -0.2) is 66.6 Å². The van der Waals surface area contributed by atoms with Crippen molar-refractivity contribution in [2.45, 2.75) is 49.0 Å². The molecule has 43 heavy (non-hydrogen) atoms. The molecule has 3 unspecified atom stereocenters. The van der Waals surface area contributed by atoms with E-state index < -0.39 is 35.7 Å². The number of hydrogen-bond donors (Lipinski definition) is 2. The molecule has 1 spiro atoms. The minimum absolute atomic E-state index is 0.169. The van der Waals surface area contributed by atoms with Crippen LogP contribution in [0.25, 0.3) is 0 Å². The van der Waals surface area contributed by atoms with Gasteiger partial charge in [0.25, 0.3) is 5.91 Å². The van der Waals surface area contributed by atoms with Crippen LogP contribution in [0.4, 0.5) is 0 Å². The lowest BCUT2D eigenvalue weighted by atomic mass is 9.77. The Morgan fingerprint density at radius 1 is 1.02 bits per heavy atom. The number of ether oxygens (including phenoxy) is 4. The van der Waals surface area contributed by atoms with Crippen molar-refractivity contribution in [3.8, 4) is 11.5 Å². The summed E-state index contributed by atoms with van der Waals surface area (Å²) in [6.07, 6.45) is 2.37. The van der Waals surface area contributed by atoms with Gasteiger partial charge in [0.1, 0.15) is 5.76 Å². The molecule has 3 heterocycles. The molecule has 7 rings (SSSR count). The third-order valence-electron chi connectivity index (χ3n) is 9.25. The molecule has 2 N–H and O–H groups in total. The van der Waals surface area contributed by atoms with Gasteiger partial charge >= 0.3 is 5.97 Å². The molecule has 9 nitrogen and oxygen atoms in total. The van der Waals surface area contributed by atoms with Gasteiger partial charge in [-0.3, -0.25) is 9.69 Å². The second kappa shape index (κ2) is 11.1. The first-order chi connectivity index (χ1) is 21.0. The highest BCUT2D eigenvalue weighted by Crippen LogP contribution is 2.55. The Kier molecular flexibility index (Phi) is 7.07. The predicted octanol–water partition coefficient (Wildman–Crippen LogP) is 3.88. The summed E-state index contributed by atoms with van der Waals surface area (Å²) >= 11 is 0. The summed E-state index contributed by atoms with van der Waals surface area (Å²) in [6.45, 7) is 1.94. The van der Waals surface area contributed by atoms with E-state index in [4.69, 9.17) is 18.9 Å². The SMILES string of the molecule is COC1=C[C@]23CCCN2CCc2cc4c(cc2[C@@H]3C1OC(=O)C(O)C(NC(=O)c1ccccc1)c1ccccc1)OCO4. The summed E-state index contributed by atoms with van der Waals surface area (Å²) in [5.74, 6) is 0.410. The summed E-state index contributed by atoms with van der Waals surface area (Å²) in [6, 6.07) is 20.7. The molecule has 3 aromatic carbocycles. The third kappa shape index (κ3) is 4.73. The third-order valence-corrected chi connectivity index (χ3v) is 9.25. The number of aliphatic hydroxyl groups is 1. The molecule has 3 aromatic rings. The zero-order valence-electron chi connectivity index (χ0n) is 23.9. The van der Waals surface area contributed by atoms with Gasteiger partial charge < -0.3 is 29.4 Å². The number of nitrogens with zero attached hydrogens (tertiary/aromatic N) is 1. The van der Waals surface area contributed by atoms with Gasteiger partial charge in [-0.2, -0.15) is 0 Å². The number of esters is 1. The van der Waals surface area contributed by atoms with Crippen molar-refractivity contribution in [1.82, 2.24) is 10.2 Å². The number of carbonyl (C=O) groups is 2. The smallest absolute Gasteiger partial charge is 0.338 e. The molecule has 0 aromatic heterocycles. The summed E-state index contributed by atoms with van der Waals surface area (Å²) in [4.78, 5) is 29.5. The monoisotopic (exact) mass is 582 g/mol. The van der Waals surface area contributed by atoms with Gasteiger partial charge in [0, 0.05) is 12.1 Å². The van der Waals surface area contributed by atoms with Gasteiger partial charge in [0.05, 0.1) is 24.6 Å². The number of methoxy groups -OCH3 is 1. The van der Waals surface area contributed by atoms with Crippen LogP contribution in [0.1, 0.15) is 51.8 Å². The largest absolute Gasteiger partial charge is 0.497 e. The number of rotatable bonds is 7. The first-order valence-corrected chi connectivity index (χ1v) is 14.7. The highest BCUT2D eigenvalue weighted by molar-refractivity contribution is 5.95. The Labute approximate surface area is 250 Å². The molecule has 1 fully saturated rings. The van der Waals surface area contributed by atoms with E-state index in [0.717, 1.165) is 49.2 Å². The second-order valence-corrected chi connectivity index (χ2v) is 11.5. The average Bonchev–Trinajstić information content (AvgIpc) is 3.73. The van der Waals surface area contributed by atoms with Crippen molar-refractivity contribution < 1.29 is 33.6 Å². The summed E-state index contributed by atoms with van der Waals surface area (Å²) in [7, 11) is 1.58. The number of fused-ring (bicyclic) bond motifs is 3. The fourth-order valence-corrected chi connectivity index (χ4v) is 7.24. The number of amides is 1. The fourth-order valence-electron chi connectivity index (χ4n) is 7.24. The van der Waals surface area contributed by atoms with E-state index in [-0.39, 0.29) is 12.7 Å². The topological polar surface area (TPSA) is 107 Å². The Bertz CT molecular complexity index is 1560. The molecular weight excluding hydrogens is 548 g/mol. The van der Waals surface area contributed by atoms with Crippen LogP contribution in [0.2, 0.25) is 0 Å². The molecule has 1 amide bonds. The first kappa shape index (κ1) is 27.5. The van der Waals surface area contributed by atoms with E-state index in [0.29, 0.717) is 22.6 Å². The highest BCUT2D eigenvalue weighted by Gasteiger charge is 2.58. The number of aliphatic hydroxyl groups excluding tert-OH is 1. The first-order valence-electron chi connectivity index (χ1n) is 14.7. The zero-order chi connectivity index (χ0) is 29.6. The zero-order valence-corrected chi connectivity index (χ0v) is 23.9. The van der Waals surface area contributed by atoms with Gasteiger partial charge in [0.15, 0.2) is 23.7 Å². The lowest BCUT2D eigenvalue weighted by Gasteiger charge is -2.39. The molecular formula is C34H34N2O7. The maximum atomic E-state index is 13.9. The molecule has 3 aliphatic heterocycles. The maximum Gasteiger partial charge on any atom is 0.338 e. The van der Waals surface area contributed by atoms with Gasteiger partial charge in [-0.05, 0) is 72.8 Å². The van der Waals surface area contributed by atoms with Gasteiger partial charge in [-0.15, -0.1) is 0 Å². The van der Waals surface area contributed by atoms with Crippen LogP contribution in [0.5, 0.6) is 11.5 Å². The van der Waals surface area contributed by atoms with Gasteiger partial charge in [0.2, 0.25) is 6.79 Å². The van der Waals surface area contributed by atoms with Gasteiger partial charge in [-0.25, -0.2) is 4.79 Å². The van der Waals surface area contributed by atoms with E-state index in [1.54, 1.807) is 55.6 Å². The normalized spacial score (nSPS) is 24.9. The summed E-state index contributed by atoms with van der Waals surface area (Å²) < 4.78 is 23.5. The van der Waals surface area contributed by atoms with Crippen LogP contribution >= 0.6 is 0 Å². The Morgan fingerprint density at radius 2 is 1.74 bits per heavy atom. The van der Waals surface area contributed by atoms with Crippen molar-refractivity contribution in [3.63, 3.8) is 0 Å². The molecule has 1 saturated heterocycles. The minimum atomic E-state index is -1.67. The molecule has 1 aliphatic carbocycles. The van der Waals surface area contributed by atoms with Crippen molar-refractivity contribution in [2.24, 2.45) is 0 Å². The molecule has 9 heteroatoms. The molecule has 4 aliphatic rings. The number of nitrogens with one attached hydrogen (secondary N) is 1. The van der Waals surface area contributed by atoms with Crippen LogP contribution < -0.4 is 14.8 Å². The lowest BCUT2D eigenvalue weighted by Crippen LogP contribution is -2.48. The molecule has 0 bridgehead atoms. The average molecular weight is 583 g/mol. The quantitative estimate of drug-likeness (QED) is 0.405. The second-order valence-electron chi connectivity index (χ2n) is 11.5. The Balaban J connectivity index is 1.22. The van der Waals surface area contributed by atoms with Crippen molar-refractivity contribution in [3.05, 3.63) is 107 Å². The summed E-state index contributed by atoms with van der Waals surface area (Å²) in [5, 5.41) is 14.4. The molecule has 0 saturated carbocycles. The van der Waals surface area contributed by atoms with Crippen LogP contribution in [0, 0.1) is 0 Å². The van der Waals surface area contributed by atoms with E-state index >= 15 is 0 Å². The van der Waals surface area contributed by atoms with Crippen LogP contribution in [0.15, 0.2) is 84.6 Å². The van der Waals surface area contributed by atoms with Crippen molar-refractivity contribution in [1.29, 1.82) is 0 Å². The maximum absolute atomic E-state index is 13.9. The van der Waals surface area contributed by atoms with Gasteiger partial charge in [-0.1, -0.05) is 48.5 Å². The highest BCUT2D eigenvalue weighted by atomic mass is 16.7. The van der Waals surface area contributed by atoms with E-state index in [9.17, 15) is 14.7 Å². The molecule has 222 valence electrons. The van der Waals surface area contributed by atoms with Crippen LogP contribution in [-0.2, 0) is 20.7 Å². The predicted molar refractivity (Wildman–Crippen MR) is 157 cm³/mol.